The topological polar surface area (TPSA) is 0 Å². The molecule has 0 saturated heterocycles. The van der Waals surface area contributed by atoms with E-state index in [0.29, 0.717) is 0 Å². The summed E-state index contributed by atoms with van der Waals surface area (Å²) >= 11 is 0. The lowest BCUT2D eigenvalue weighted by Crippen LogP contribution is -2.15. The Hall–Kier alpha value is 0.0649. The van der Waals surface area contributed by atoms with Crippen LogP contribution in [0, 0.1) is 11.8 Å². The Balaban J connectivity index is 2.30. The number of hydrogen-bond donors (Lipinski definition) is 0. The van der Waals surface area contributed by atoms with Crippen molar-refractivity contribution in [2.24, 2.45) is 11.8 Å². The summed E-state index contributed by atoms with van der Waals surface area (Å²) in [5, 5.41) is 0. The lowest BCUT2D eigenvalue weighted by atomic mass is 9.53. The lowest BCUT2D eigenvalue weighted by Gasteiger charge is -2.27. The van der Waals surface area contributed by atoms with Crippen molar-refractivity contribution >= 4 is 7.28 Å². The highest BCUT2D eigenvalue weighted by Gasteiger charge is 2.19. The highest BCUT2D eigenvalue weighted by atomic mass is 14.2. The van der Waals surface area contributed by atoms with Crippen LogP contribution in [0.15, 0.2) is 0 Å². The maximum atomic E-state index is 2.40. The van der Waals surface area contributed by atoms with Crippen molar-refractivity contribution in [3.63, 3.8) is 0 Å². The fourth-order valence-electron chi connectivity index (χ4n) is 3.20. The third-order valence-electron chi connectivity index (χ3n) is 4.12. The standard InChI is InChI=1S/C14H29B/c1-11(2)13-7-5-9-14(10-6-8-13)15-12(3)4/h11-15H,5-10H2,1-4H3. The van der Waals surface area contributed by atoms with E-state index in [1.54, 1.807) is 0 Å². The van der Waals surface area contributed by atoms with Crippen molar-refractivity contribution in [2.75, 3.05) is 0 Å². The van der Waals surface area contributed by atoms with Gasteiger partial charge in [0.1, 0.15) is 7.28 Å². The van der Waals surface area contributed by atoms with Gasteiger partial charge in [-0.15, -0.1) is 0 Å². The maximum Gasteiger partial charge on any atom is 0.126 e. The monoisotopic (exact) mass is 208 g/mol. The van der Waals surface area contributed by atoms with Gasteiger partial charge in [-0.05, 0) is 11.8 Å². The van der Waals surface area contributed by atoms with Crippen LogP contribution in [0.3, 0.4) is 0 Å². The fraction of sp³-hybridized carbons (Fsp3) is 1.00. The largest absolute Gasteiger partial charge is 0.126 e. The second kappa shape index (κ2) is 6.61. The van der Waals surface area contributed by atoms with E-state index in [4.69, 9.17) is 0 Å². The van der Waals surface area contributed by atoms with Crippen LogP contribution in [-0.4, -0.2) is 7.28 Å². The second-order valence-corrected chi connectivity index (χ2v) is 6.36. The third-order valence-corrected chi connectivity index (χ3v) is 4.12. The van der Waals surface area contributed by atoms with Gasteiger partial charge in [-0.25, -0.2) is 0 Å². The summed E-state index contributed by atoms with van der Waals surface area (Å²) in [6, 6.07) is 0. The molecular weight excluding hydrogens is 179 g/mol. The summed E-state index contributed by atoms with van der Waals surface area (Å²) in [6.45, 7) is 9.54. The summed E-state index contributed by atoms with van der Waals surface area (Å²) in [5.41, 5.74) is 0. The van der Waals surface area contributed by atoms with Gasteiger partial charge >= 0.3 is 0 Å². The van der Waals surface area contributed by atoms with E-state index in [9.17, 15) is 0 Å². The Morgan fingerprint density at radius 3 is 1.80 bits per heavy atom. The molecule has 0 spiro atoms. The van der Waals surface area contributed by atoms with Crippen molar-refractivity contribution in [3.8, 4) is 0 Å². The first kappa shape index (κ1) is 13.1. The van der Waals surface area contributed by atoms with E-state index >= 15 is 0 Å². The van der Waals surface area contributed by atoms with Crippen molar-refractivity contribution in [3.05, 3.63) is 0 Å². The Bertz CT molecular complexity index is 153. The molecule has 15 heavy (non-hydrogen) atoms. The molecule has 0 atom stereocenters. The predicted octanol–water partition coefficient (Wildman–Crippen LogP) is 4.67. The van der Waals surface area contributed by atoms with Gasteiger partial charge in [0, 0.05) is 0 Å². The van der Waals surface area contributed by atoms with Gasteiger partial charge in [-0.2, -0.15) is 0 Å². The van der Waals surface area contributed by atoms with Crippen LogP contribution in [0.25, 0.3) is 0 Å². The summed E-state index contributed by atoms with van der Waals surface area (Å²) < 4.78 is 0. The van der Waals surface area contributed by atoms with E-state index in [0.717, 1.165) is 23.5 Å². The minimum absolute atomic E-state index is 0.898. The van der Waals surface area contributed by atoms with Crippen LogP contribution < -0.4 is 0 Å². The summed E-state index contributed by atoms with van der Waals surface area (Å²) in [4.78, 5) is 0. The van der Waals surface area contributed by atoms with Gasteiger partial charge in [0.25, 0.3) is 0 Å². The van der Waals surface area contributed by atoms with Gasteiger partial charge in [0.05, 0.1) is 0 Å². The first-order valence-electron chi connectivity index (χ1n) is 7.09. The van der Waals surface area contributed by atoms with Crippen LogP contribution in [0.2, 0.25) is 11.6 Å². The fourth-order valence-corrected chi connectivity index (χ4v) is 3.20. The van der Waals surface area contributed by atoms with Crippen molar-refractivity contribution in [1.29, 1.82) is 0 Å². The molecule has 0 bridgehead atoms. The summed E-state index contributed by atoms with van der Waals surface area (Å²) in [5.74, 6) is 3.87. The Morgan fingerprint density at radius 1 is 0.867 bits per heavy atom. The van der Waals surface area contributed by atoms with Crippen molar-refractivity contribution in [2.45, 2.75) is 77.9 Å². The molecule has 1 aliphatic carbocycles. The molecule has 0 heterocycles. The van der Waals surface area contributed by atoms with Gasteiger partial charge in [-0.1, -0.05) is 77.9 Å². The lowest BCUT2D eigenvalue weighted by molar-refractivity contribution is 0.297. The Morgan fingerprint density at radius 2 is 1.40 bits per heavy atom. The Kier molecular flexibility index (Phi) is 5.78. The first-order valence-corrected chi connectivity index (χ1v) is 7.09. The molecule has 0 aromatic rings. The highest BCUT2D eigenvalue weighted by Crippen LogP contribution is 2.33. The molecule has 0 nitrogen and oxygen atoms in total. The van der Waals surface area contributed by atoms with E-state index in [1.165, 1.54) is 45.8 Å². The molecule has 1 heteroatoms. The number of hydrogen-bond acceptors (Lipinski definition) is 0. The van der Waals surface area contributed by atoms with Crippen LogP contribution in [0.4, 0.5) is 0 Å². The van der Waals surface area contributed by atoms with E-state index in [1.807, 2.05) is 0 Å². The number of rotatable bonds is 3. The Labute approximate surface area is 97.5 Å². The third kappa shape index (κ3) is 5.09. The highest BCUT2D eigenvalue weighted by molar-refractivity contribution is 6.39. The molecule has 1 aliphatic rings. The van der Waals surface area contributed by atoms with Crippen molar-refractivity contribution < 1.29 is 0 Å². The summed E-state index contributed by atoms with van der Waals surface area (Å²) in [6.07, 6.45) is 8.96. The molecular formula is C14H29B. The molecule has 1 rings (SSSR count). The maximum absolute atomic E-state index is 2.40. The molecule has 0 aliphatic heterocycles. The van der Waals surface area contributed by atoms with E-state index < -0.39 is 0 Å². The van der Waals surface area contributed by atoms with Crippen molar-refractivity contribution in [1.82, 2.24) is 0 Å². The molecule has 88 valence electrons. The quantitative estimate of drug-likeness (QED) is 0.591. The molecule has 1 fully saturated rings. The zero-order chi connectivity index (χ0) is 11.3. The molecule has 0 aromatic heterocycles. The SMILES string of the molecule is CC(C)BC1CCCC(C(C)C)CCC1. The van der Waals surface area contributed by atoms with E-state index in [-0.39, 0.29) is 0 Å². The van der Waals surface area contributed by atoms with Crippen LogP contribution in [0.1, 0.15) is 66.2 Å². The molecule has 0 aromatic carbocycles. The predicted molar refractivity (Wildman–Crippen MR) is 72.0 cm³/mol. The minimum Gasteiger partial charge on any atom is -0.0710 e. The molecule has 0 N–H and O–H groups in total. The first-order chi connectivity index (χ1) is 7.09. The van der Waals surface area contributed by atoms with Gasteiger partial charge < -0.3 is 0 Å². The van der Waals surface area contributed by atoms with Gasteiger partial charge in [-0.3, -0.25) is 0 Å². The molecule has 1 saturated carbocycles. The smallest absolute Gasteiger partial charge is 0.0710 e. The zero-order valence-electron chi connectivity index (χ0n) is 11.3. The molecule has 0 unspecified atom stereocenters. The van der Waals surface area contributed by atoms with Crippen LogP contribution in [0.5, 0.6) is 0 Å². The second-order valence-electron chi connectivity index (χ2n) is 6.36. The minimum atomic E-state index is 0.898. The molecule has 0 radical (unpaired) electrons. The van der Waals surface area contributed by atoms with Crippen LogP contribution in [-0.2, 0) is 0 Å². The normalized spacial score (nSPS) is 28.9. The van der Waals surface area contributed by atoms with Gasteiger partial charge in [0.2, 0.25) is 0 Å². The summed E-state index contributed by atoms with van der Waals surface area (Å²) in [7, 11) is 1.46. The zero-order valence-corrected chi connectivity index (χ0v) is 11.3. The van der Waals surface area contributed by atoms with Gasteiger partial charge in [0.15, 0.2) is 0 Å². The van der Waals surface area contributed by atoms with Crippen LogP contribution >= 0.6 is 0 Å². The van der Waals surface area contributed by atoms with E-state index in [2.05, 4.69) is 27.7 Å². The average Bonchev–Trinajstić information content (AvgIpc) is 2.07. The molecule has 0 amide bonds. The average molecular weight is 208 g/mol.